The van der Waals surface area contributed by atoms with Crippen LogP contribution in [0.1, 0.15) is 11.3 Å². The van der Waals surface area contributed by atoms with E-state index in [0.29, 0.717) is 22.8 Å². The third-order valence-corrected chi connectivity index (χ3v) is 5.29. The summed E-state index contributed by atoms with van der Waals surface area (Å²) in [6.07, 6.45) is 6.42. The van der Waals surface area contributed by atoms with E-state index >= 15 is 0 Å². The summed E-state index contributed by atoms with van der Waals surface area (Å²) < 4.78 is 46.2. The highest BCUT2D eigenvalue weighted by Crippen LogP contribution is 2.35. The number of rotatable bonds is 9. The molecule has 0 aliphatic heterocycles. The van der Waals surface area contributed by atoms with Crippen LogP contribution >= 0.6 is 0 Å². The van der Waals surface area contributed by atoms with E-state index in [2.05, 4.69) is 10.3 Å². The normalized spacial score (nSPS) is 10.9. The van der Waals surface area contributed by atoms with Crippen molar-refractivity contribution >= 4 is 27.6 Å². The Bertz CT molecular complexity index is 1110. The van der Waals surface area contributed by atoms with Gasteiger partial charge in [0.25, 0.3) is 0 Å². The number of pyridine rings is 1. The molecule has 0 spiro atoms. The maximum absolute atomic E-state index is 12.7. The lowest BCUT2D eigenvalue weighted by Gasteiger charge is -2.12. The van der Waals surface area contributed by atoms with Crippen molar-refractivity contribution in [2.45, 2.75) is 5.75 Å². The van der Waals surface area contributed by atoms with Gasteiger partial charge < -0.3 is 18.9 Å². The van der Waals surface area contributed by atoms with Crippen LogP contribution in [0.5, 0.6) is 23.0 Å². The monoisotopic (exact) mass is 446 g/mol. The van der Waals surface area contributed by atoms with Crippen LogP contribution in [-0.2, 0) is 20.4 Å². The molecule has 10 heteroatoms. The summed E-state index contributed by atoms with van der Waals surface area (Å²) in [5.74, 6) is 2.27. The molecule has 0 saturated carbocycles. The molecule has 0 aliphatic carbocycles. The largest absolute Gasteiger partial charge is 0.496 e. The zero-order valence-corrected chi connectivity index (χ0v) is 18.3. The molecule has 0 bridgehead atoms. The fourth-order valence-corrected chi connectivity index (χ4v) is 3.60. The summed E-state index contributed by atoms with van der Waals surface area (Å²) in [4.78, 5) is 15.6. The summed E-state index contributed by atoms with van der Waals surface area (Å²) in [6, 6.07) is 6.19. The molecule has 1 heterocycles. The number of amides is 1. The Hall–Kier alpha value is -3.71. The highest BCUT2D eigenvalue weighted by Gasteiger charge is 2.16. The number of benzene rings is 1. The molecule has 1 N–H and O–H groups in total. The molecule has 2 aromatic rings. The van der Waals surface area contributed by atoms with Crippen LogP contribution in [-0.4, -0.2) is 47.7 Å². The van der Waals surface area contributed by atoms with Crippen molar-refractivity contribution in [2.24, 2.45) is 0 Å². The lowest BCUT2D eigenvalue weighted by atomic mass is 10.1. The Morgan fingerprint density at radius 1 is 1.06 bits per heavy atom. The number of ether oxygens (including phenoxy) is 4. The first kappa shape index (κ1) is 23.6. The fourth-order valence-electron chi connectivity index (χ4n) is 2.59. The van der Waals surface area contributed by atoms with Gasteiger partial charge in [-0.2, -0.15) is 0 Å². The van der Waals surface area contributed by atoms with E-state index in [1.54, 1.807) is 12.1 Å². The van der Waals surface area contributed by atoms with Gasteiger partial charge in [0.2, 0.25) is 0 Å². The van der Waals surface area contributed by atoms with Crippen LogP contribution in [0, 0.1) is 12.3 Å². The Balaban J connectivity index is 2.34. The number of carbonyl (C=O) groups excluding carboxylic acids is 1. The molecular weight excluding hydrogens is 424 g/mol. The van der Waals surface area contributed by atoms with Gasteiger partial charge in [-0.1, -0.05) is 0 Å². The highest BCUT2D eigenvalue weighted by atomic mass is 32.2. The van der Waals surface area contributed by atoms with Crippen molar-refractivity contribution < 1.29 is 32.2 Å². The van der Waals surface area contributed by atoms with Gasteiger partial charge >= 0.3 is 5.91 Å². The van der Waals surface area contributed by atoms with E-state index in [1.807, 2.05) is 5.92 Å². The minimum Gasteiger partial charge on any atom is -0.496 e. The van der Waals surface area contributed by atoms with Gasteiger partial charge in [-0.15, -0.1) is 6.42 Å². The van der Waals surface area contributed by atoms with Crippen molar-refractivity contribution in [2.75, 3.05) is 33.8 Å². The van der Waals surface area contributed by atoms with Gasteiger partial charge in [0.15, 0.2) is 21.4 Å². The summed E-state index contributed by atoms with van der Waals surface area (Å²) in [5, 5.41) is 3.40. The predicted octanol–water partition coefficient (Wildman–Crippen LogP) is 2.27. The minimum absolute atomic E-state index is 0.0284. The van der Waals surface area contributed by atoms with Gasteiger partial charge in [0, 0.05) is 17.5 Å². The third-order valence-electron chi connectivity index (χ3n) is 4.04. The molecule has 164 valence electrons. The van der Waals surface area contributed by atoms with Gasteiger partial charge in [-0.3, -0.25) is 10.1 Å². The number of sulfone groups is 1. The minimum atomic E-state index is -3.75. The average molecular weight is 446 g/mol. The number of nitrogens with zero attached hydrogens (tertiary/aromatic N) is 1. The predicted molar refractivity (Wildman–Crippen MR) is 116 cm³/mol. The first-order valence-electron chi connectivity index (χ1n) is 8.79. The number of anilines is 1. The molecule has 0 fully saturated rings. The molecule has 31 heavy (non-hydrogen) atoms. The topological polar surface area (TPSA) is 113 Å². The molecule has 0 unspecified atom stereocenters. The van der Waals surface area contributed by atoms with Crippen LogP contribution in [0.3, 0.4) is 0 Å². The van der Waals surface area contributed by atoms with Crippen LogP contribution < -0.4 is 24.3 Å². The number of hydrogen-bond donors (Lipinski definition) is 1. The van der Waals surface area contributed by atoms with E-state index in [1.165, 1.54) is 46.6 Å². The Morgan fingerprint density at radius 3 is 2.19 bits per heavy atom. The number of aromatic nitrogens is 1. The fraction of sp³-hybridized carbons (Fsp3) is 0.238. The first-order chi connectivity index (χ1) is 14.8. The van der Waals surface area contributed by atoms with Crippen molar-refractivity contribution in [3.05, 3.63) is 40.9 Å². The average Bonchev–Trinajstić information content (AvgIpc) is 2.76. The zero-order chi connectivity index (χ0) is 23.0. The SMILES string of the molecule is C#CC(=O)Nc1nc(CS(=O)(=O)C=Cc2c(OC)cc(OC)cc2OC)ccc1OC. The van der Waals surface area contributed by atoms with Crippen molar-refractivity contribution in [3.63, 3.8) is 0 Å². The maximum atomic E-state index is 12.7. The number of hydrogen-bond acceptors (Lipinski definition) is 8. The van der Waals surface area contributed by atoms with E-state index in [9.17, 15) is 13.2 Å². The van der Waals surface area contributed by atoms with Crippen molar-refractivity contribution in [3.8, 4) is 35.3 Å². The lowest BCUT2D eigenvalue weighted by Crippen LogP contribution is -2.12. The summed E-state index contributed by atoms with van der Waals surface area (Å²) in [6.45, 7) is 0. The summed E-state index contributed by atoms with van der Waals surface area (Å²) in [5.41, 5.74) is 0.616. The Kier molecular flexibility index (Phi) is 7.88. The molecule has 1 aromatic carbocycles. The standard InChI is InChI=1S/C21H22N2O7S/c1-6-20(24)23-21-17(28-3)8-7-14(22-21)13-31(25,26)10-9-16-18(29-4)11-15(27-2)12-19(16)30-5/h1,7-12H,13H2,2-5H3,(H,22,23,24). The summed E-state index contributed by atoms with van der Waals surface area (Å²) >= 11 is 0. The number of terminal acetylenes is 1. The van der Waals surface area contributed by atoms with E-state index in [-0.39, 0.29) is 17.3 Å². The molecule has 2 rings (SSSR count). The second-order valence-corrected chi connectivity index (χ2v) is 7.89. The van der Waals surface area contributed by atoms with Gasteiger partial charge in [-0.05, 0) is 24.1 Å². The Labute approximate surface area is 180 Å². The molecule has 1 amide bonds. The van der Waals surface area contributed by atoms with Crippen LogP contribution in [0.2, 0.25) is 0 Å². The van der Waals surface area contributed by atoms with Crippen LogP contribution in [0.25, 0.3) is 6.08 Å². The van der Waals surface area contributed by atoms with Crippen molar-refractivity contribution in [1.82, 2.24) is 4.98 Å². The Morgan fingerprint density at radius 2 is 1.68 bits per heavy atom. The molecule has 0 aliphatic rings. The van der Waals surface area contributed by atoms with E-state index in [4.69, 9.17) is 25.4 Å². The van der Waals surface area contributed by atoms with Crippen LogP contribution in [0.15, 0.2) is 29.7 Å². The second kappa shape index (κ2) is 10.4. The maximum Gasteiger partial charge on any atom is 0.301 e. The smallest absolute Gasteiger partial charge is 0.301 e. The van der Waals surface area contributed by atoms with E-state index < -0.39 is 21.5 Å². The lowest BCUT2D eigenvalue weighted by molar-refractivity contribution is -0.111. The number of carbonyl (C=O) groups is 1. The van der Waals surface area contributed by atoms with E-state index in [0.717, 1.165) is 5.41 Å². The molecule has 0 radical (unpaired) electrons. The second-order valence-electron chi connectivity index (χ2n) is 6.01. The summed E-state index contributed by atoms with van der Waals surface area (Å²) in [7, 11) is 2.04. The third kappa shape index (κ3) is 6.13. The molecule has 9 nitrogen and oxygen atoms in total. The van der Waals surface area contributed by atoms with Gasteiger partial charge in [0.05, 0.1) is 45.4 Å². The van der Waals surface area contributed by atoms with Crippen LogP contribution in [0.4, 0.5) is 5.82 Å². The zero-order valence-electron chi connectivity index (χ0n) is 17.5. The number of methoxy groups -OCH3 is 4. The molecule has 0 atom stereocenters. The molecular formula is C21H22N2O7S. The first-order valence-corrected chi connectivity index (χ1v) is 10.5. The molecule has 1 aromatic heterocycles. The van der Waals surface area contributed by atoms with Crippen molar-refractivity contribution in [1.29, 1.82) is 0 Å². The molecule has 0 saturated heterocycles. The van der Waals surface area contributed by atoms with Gasteiger partial charge in [-0.25, -0.2) is 13.4 Å². The quantitative estimate of drug-likeness (QED) is 0.584. The number of nitrogens with one attached hydrogen (secondary N) is 1. The van der Waals surface area contributed by atoms with Gasteiger partial charge in [0.1, 0.15) is 17.2 Å². The highest BCUT2D eigenvalue weighted by molar-refractivity contribution is 7.93.